The van der Waals surface area contributed by atoms with Crippen molar-refractivity contribution in [2.75, 3.05) is 10.8 Å². The summed E-state index contributed by atoms with van der Waals surface area (Å²) in [6.07, 6.45) is 0. The first-order chi connectivity index (χ1) is 9.09. The van der Waals surface area contributed by atoms with Crippen LogP contribution in [0, 0.1) is 0 Å². The highest BCUT2D eigenvalue weighted by Gasteiger charge is 2.24. The second kappa shape index (κ2) is 5.73. The van der Waals surface area contributed by atoms with Gasteiger partial charge in [0.15, 0.2) is 0 Å². The smallest absolute Gasteiger partial charge is 0.265 e. The number of thiophene rings is 1. The van der Waals surface area contributed by atoms with E-state index < -0.39 is 10.0 Å². The molecule has 2 N–H and O–H groups in total. The minimum atomic E-state index is -3.51. The predicted molar refractivity (Wildman–Crippen MR) is 78.9 cm³/mol. The zero-order chi connectivity index (χ0) is 13.9. The Hall–Kier alpha value is -1.37. The molecule has 0 fully saturated rings. The molecular formula is C13H16N2O2S2. The number of hydrogen-bond donors (Lipinski definition) is 1. The first-order valence-corrected chi connectivity index (χ1v) is 8.27. The summed E-state index contributed by atoms with van der Waals surface area (Å²) in [4.78, 5) is 1.17. The first kappa shape index (κ1) is 14.0. The zero-order valence-electron chi connectivity index (χ0n) is 10.6. The van der Waals surface area contributed by atoms with Crippen molar-refractivity contribution in [2.24, 2.45) is 5.73 Å². The lowest BCUT2D eigenvalue weighted by Gasteiger charge is -2.22. The molecule has 0 amide bonds. The van der Waals surface area contributed by atoms with Gasteiger partial charge in [-0.2, -0.15) is 0 Å². The van der Waals surface area contributed by atoms with E-state index >= 15 is 0 Å². The summed E-state index contributed by atoms with van der Waals surface area (Å²) in [6, 6.07) is 10.7. The number of rotatable bonds is 5. The van der Waals surface area contributed by atoms with Gasteiger partial charge in [-0.15, -0.1) is 11.3 Å². The highest BCUT2D eigenvalue weighted by Crippen LogP contribution is 2.26. The minimum Gasteiger partial charge on any atom is -0.326 e. The second-order valence-electron chi connectivity index (χ2n) is 3.96. The summed E-state index contributed by atoms with van der Waals surface area (Å²) in [5.41, 5.74) is 6.20. The van der Waals surface area contributed by atoms with Gasteiger partial charge < -0.3 is 5.73 Å². The average molecular weight is 296 g/mol. The van der Waals surface area contributed by atoms with E-state index in [-0.39, 0.29) is 0 Å². The van der Waals surface area contributed by atoms with Crippen molar-refractivity contribution < 1.29 is 8.42 Å². The molecule has 0 bridgehead atoms. The average Bonchev–Trinajstić information content (AvgIpc) is 2.90. The molecule has 0 saturated carbocycles. The van der Waals surface area contributed by atoms with E-state index in [0.29, 0.717) is 23.7 Å². The van der Waals surface area contributed by atoms with Crippen LogP contribution in [0.5, 0.6) is 0 Å². The molecule has 0 atom stereocenters. The summed E-state index contributed by atoms with van der Waals surface area (Å²) in [7, 11) is -3.51. The third-order valence-electron chi connectivity index (χ3n) is 2.75. The van der Waals surface area contributed by atoms with Crippen LogP contribution >= 0.6 is 11.3 Å². The molecule has 102 valence electrons. The topological polar surface area (TPSA) is 63.4 Å². The normalized spacial score (nSPS) is 11.5. The Morgan fingerprint density at radius 1 is 1.26 bits per heavy atom. The van der Waals surface area contributed by atoms with Crippen LogP contribution in [0.25, 0.3) is 0 Å². The Morgan fingerprint density at radius 3 is 2.47 bits per heavy atom. The van der Waals surface area contributed by atoms with Crippen LogP contribution in [0.4, 0.5) is 5.69 Å². The van der Waals surface area contributed by atoms with E-state index in [4.69, 9.17) is 5.73 Å². The predicted octanol–water partition coefficient (Wildman–Crippen LogP) is 2.42. The summed E-state index contributed by atoms with van der Waals surface area (Å²) < 4.78 is 26.6. The Bertz CT molecular complexity index is 636. The number of benzene rings is 1. The van der Waals surface area contributed by atoms with Crippen LogP contribution in [-0.2, 0) is 16.6 Å². The van der Waals surface area contributed by atoms with Gasteiger partial charge in [0.2, 0.25) is 0 Å². The monoisotopic (exact) mass is 296 g/mol. The molecule has 1 heterocycles. The van der Waals surface area contributed by atoms with Gasteiger partial charge in [-0.3, -0.25) is 4.31 Å². The van der Waals surface area contributed by atoms with E-state index in [0.717, 1.165) is 4.88 Å². The van der Waals surface area contributed by atoms with Gasteiger partial charge in [0.1, 0.15) is 0 Å². The zero-order valence-corrected chi connectivity index (χ0v) is 12.2. The molecule has 2 aromatic rings. The Balaban J connectivity index is 2.42. The molecule has 0 aliphatic carbocycles. The molecule has 1 aromatic heterocycles. The Labute approximate surface area is 117 Å². The van der Waals surface area contributed by atoms with Crippen molar-refractivity contribution in [3.05, 3.63) is 46.7 Å². The number of anilines is 1. The van der Waals surface area contributed by atoms with E-state index in [1.54, 1.807) is 23.6 Å². The summed E-state index contributed by atoms with van der Waals surface area (Å²) in [6.45, 7) is 2.57. The summed E-state index contributed by atoms with van der Waals surface area (Å²) >= 11 is 1.37. The number of hydrogen-bond acceptors (Lipinski definition) is 4. The number of nitrogens with two attached hydrogens (primary N) is 1. The molecule has 0 spiro atoms. The minimum absolute atomic E-state index is 0.309. The molecule has 1 aromatic carbocycles. The maximum Gasteiger partial charge on any atom is 0.265 e. The maximum absolute atomic E-state index is 12.6. The van der Waals surface area contributed by atoms with Gasteiger partial charge in [-0.25, -0.2) is 8.42 Å². The third kappa shape index (κ3) is 2.80. The van der Waals surface area contributed by atoms with Crippen LogP contribution in [0.2, 0.25) is 0 Å². The van der Waals surface area contributed by atoms with Gasteiger partial charge in [-0.05, 0) is 25.1 Å². The van der Waals surface area contributed by atoms with E-state index in [9.17, 15) is 8.42 Å². The molecule has 19 heavy (non-hydrogen) atoms. The van der Waals surface area contributed by atoms with Crippen LogP contribution in [0.15, 0.2) is 46.7 Å². The molecular weight excluding hydrogens is 280 g/mol. The largest absolute Gasteiger partial charge is 0.326 e. The van der Waals surface area contributed by atoms with Gasteiger partial charge in [0, 0.05) is 23.3 Å². The lowest BCUT2D eigenvalue weighted by atomic mass is 10.3. The Kier molecular flexibility index (Phi) is 4.24. The van der Waals surface area contributed by atoms with E-state index in [2.05, 4.69) is 0 Å². The fraction of sp³-hybridized carbons (Fsp3) is 0.231. The fourth-order valence-electron chi connectivity index (χ4n) is 1.82. The Morgan fingerprint density at radius 2 is 1.95 bits per heavy atom. The molecule has 6 heteroatoms. The second-order valence-corrected chi connectivity index (χ2v) is 6.82. The lowest BCUT2D eigenvalue weighted by Crippen LogP contribution is -2.30. The van der Waals surface area contributed by atoms with Crippen LogP contribution in [-0.4, -0.2) is 15.0 Å². The van der Waals surface area contributed by atoms with Crippen molar-refractivity contribution in [3.8, 4) is 0 Å². The number of para-hydroxylation sites is 1. The van der Waals surface area contributed by atoms with Gasteiger partial charge in [0.25, 0.3) is 10.0 Å². The van der Waals surface area contributed by atoms with Gasteiger partial charge in [0.05, 0.1) is 10.6 Å². The maximum atomic E-state index is 12.6. The van der Waals surface area contributed by atoms with Crippen molar-refractivity contribution in [2.45, 2.75) is 18.4 Å². The van der Waals surface area contributed by atoms with Crippen molar-refractivity contribution in [3.63, 3.8) is 0 Å². The molecule has 0 aliphatic heterocycles. The standard InChI is InChI=1S/C13H16N2O2S2/c1-2-15(11-6-4-3-5-7-11)19(16,17)13-8-12(9-14)18-10-13/h3-8,10H,2,9,14H2,1H3. The third-order valence-corrected chi connectivity index (χ3v) is 5.74. The summed E-state index contributed by atoms with van der Waals surface area (Å²) in [5.74, 6) is 0. The SMILES string of the molecule is CCN(c1ccccc1)S(=O)(=O)c1csc(CN)c1. The summed E-state index contributed by atoms with van der Waals surface area (Å²) in [5, 5.41) is 1.64. The van der Waals surface area contributed by atoms with Gasteiger partial charge >= 0.3 is 0 Å². The van der Waals surface area contributed by atoms with Crippen molar-refractivity contribution >= 4 is 27.0 Å². The van der Waals surface area contributed by atoms with Crippen molar-refractivity contribution in [1.82, 2.24) is 0 Å². The molecule has 0 aliphatic rings. The highest BCUT2D eigenvalue weighted by atomic mass is 32.2. The molecule has 0 radical (unpaired) electrons. The fourth-order valence-corrected chi connectivity index (χ4v) is 4.43. The van der Waals surface area contributed by atoms with E-state index in [1.165, 1.54) is 15.6 Å². The molecule has 0 unspecified atom stereocenters. The molecule has 2 rings (SSSR count). The van der Waals surface area contributed by atoms with Crippen LogP contribution < -0.4 is 10.0 Å². The number of nitrogens with zero attached hydrogens (tertiary/aromatic N) is 1. The first-order valence-electron chi connectivity index (χ1n) is 5.95. The quantitative estimate of drug-likeness (QED) is 0.921. The molecule has 0 saturated heterocycles. The highest BCUT2D eigenvalue weighted by molar-refractivity contribution is 7.93. The van der Waals surface area contributed by atoms with Gasteiger partial charge in [-0.1, -0.05) is 18.2 Å². The molecule has 4 nitrogen and oxygen atoms in total. The van der Waals surface area contributed by atoms with Crippen molar-refractivity contribution in [1.29, 1.82) is 0 Å². The van der Waals surface area contributed by atoms with Crippen LogP contribution in [0.3, 0.4) is 0 Å². The van der Waals surface area contributed by atoms with Crippen LogP contribution in [0.1, 0.15) is 11.8 Å². The number of sulfonamides is 1. The lowest BCUT2D eigenvalue weighted by molar-refractivity contribution is 0.592. The van der Waals surface area contributed by atoms with E-state index in [1.807, 2.05) is 25.1 Å².